The van der Waals surface area contributed by atoms with Gasteiger partial charge in [0, 0.05) is 0 Å². The maximum absolute atomic E-state index is 10.4. The van der Waals surface area contributed by atoms with Crippen LogP contribution < -0.4 is 0 Å². The van der Waals surface area contributed by atoms with Gasteiger partial charge in [-0.05, 0) is 24.7 Å². The van der Waals surface area contributed by atoms with E-state index in [9.17, 15) is 4.79 Å². The highest BCUT2D eigenvalue weighted by Gasteiger charge is 2.42. The van der Waals surface area contributed by atoms with Crippen LogP contribution in [0.4, 0.5) is 0 Å². The average molecular weight is 142 g/mol. The Kier molecular flexibility index (Phi) is 1.97. The molecule has 0 aromatic rings. The second kappa shape index (κ2) is 2.60. The number of hydrogen-bond donors (Lipinski definition) is 1. The Bertz CT molecular complexity index is 140. The van der Waals surface area contributed by atoms with Gasteiger partial charge < -0.3 is 5.11 Å². The highest BCUT2D eigenvalue weighted by Crippen LogP contribution is 2.42. The molecule has 2 heteroatoms. The zero-order valence-electron chi connectivity index (χ0n) is 6.50. The van der Waals surface area contributed by atoms with Gasteiger partial charge in [-0.3, -0.25) is 4.79 Å². The Hall–Kier alpha value is -0.530. The van der Waals surface area contributed by atoms with E-state index in [4.69, 9.17) is 5.11 Å². The van der Waals surface area contributed by atoms with Crippen molar-refractivity contribution in [3.05, 3.63) is 0 Å². The molecule has 2 nitrogen and oxygen atoms in total. The van der Waals surface area contributed by atoms with Crippen LogP contribution in [0.2, 0.25) is 0 Å². The third kappa shape index (κ3) is 1.72. The van der Waals surface area contributed by atoms with Crippen molar-refractivity contribution in [3.63, 3.8) is 0 Å². The molecule has 1 rings (SSSR count). The lowest BCUT2D eigenvalue weighted by atomic mass is 10.1. The molecule has 58 valence electrons. The lowest BCUT2D eigenvalue weighted by Gasteiger charge is -2.00. The molecule has 1 fully saturated rings. The molecule has 1 aliphatic rings. The largest absolute Gasteiger partial charge is 0.481 e. The molecule has 10 heavy (non-hydrogen) atoms. The quantitative estimate of drug-likeness (QED) is 0.651. The topological polar surface area (TPSA) is 37.3 Å². The fourth-order valence-electron chi connectivity index (χ4n) is 1.42. The molecule has 0 saturated heterocycles. The summed E-state index contributed by atoms with van der Waals surface area (Å²) in [5, 5.41) is 8.54. The predicted octanol–water partition coefficient (Wildman–Crippen LogP) is 1.75. The maximum atomic E-state index is 10.4. The van der Waals surface area contributed by atoms with Crippen LogP contribution in [0.3, 0.4) is 0 Å². The summed E-state index contributed by atoms with van der Waals surface area (Å²) in [5.41, 5.74) is 0. The molecule has 0 aromatic heterocycles. The van der Waals surface area contributed by atoms with Crippen LogP contribution in [0.5, 0.6) is 0 Å². The second-order valence-electron chi connectivity index (χ2n) is 3.57. The lowest BCUT2D eigenvalue weighted by molar-refractivity contribution is -0.138. The molecule has 0 heterocycles. The number of rotatable bonds is 3. The van der Waals surface area contributed by atoms with Crippen molar-refractivity contribution in [1.82, 2.24) is 0 Å². The van der Waals surface area contributed by atoms with Gasteiger partial charge in [0.15, 0.2) is 0 Å². The van der Waals surface area contributed by atoms with Crippen LogP contribution in [0, 0.1) is 17.8 Å². The summed E-state index contributed by atoms with van der Waals surface area (Å²) >= 11 is 0. The first-order chi connectivity index (χ1) is 4.61. The van der Waals surface area contributed by atoms with Crippen LogP contribution in [-0.2, 0) is 4.79 Å². The van der Waals surface area contributed by atoms with Gasteiger partial charge in [-0.15, -0.1) is 0 Å². The van der Waals surface area contributed by atoms with Crippen molar-refractivity contribution >= 4 is 5.97 Å². The Labute approximate surface area is 61.2 Å². The number of hydrogen-bond acceptors (Lipinski definition) is 1. The summed E-state index contributed by atoms with van der Waals surface area (Å²) in [4.78, 5) is 10.4. The lowest BCUT2D eigenvalue weighted by Crippen LogP contribution is -2.00. The Morgan fingerprint density at radius 3 is 2.60 bits per heavy atom. The van der Waals surface area contributed by atoms with Crippen LogP contribution >= 0.6 is 0 Å². The summed E-state index contributed by atoms with van der Waals surface area (Å²) in [6.45, 7) is 4.27. The minimum Gasteiger partial charge on any atom is -0.481 e. The summed E-state index contributed by atoms with van der Waals surface area (Å²) in [6.07, 6.45) is 1.99. The first-order valence-corrected chi connectivity index (χ1v) is 3.84. The van der Waals surface area contributed by atoms with Gasteiger partial charge in [0.1, 0.15) is 0 Å². The maximum Gasteiger partial charge on any atom is 0.306 e. The Morgan fingerprint density at radius 2 is 2.30 bits per heavy atom. The molecule has 0 bridgehead atoms. The molecule has 0 amide bonds. The van der Waals surface area contributed by atoms with Crippen molar-refractivity contribution in [2.45, 2.75) is 26.7 Å². The van der Waals surface area contributed by atoms with E-state index in [1.54, 1.807) is 0 Å². The number of carboxylic acid groups (broad SMARTS) is 1. The standard InChI is InChI=1S/C8H14O2/c1-5(2)3-6-4-7(6)8(9)10/h5-7H,3-4H2,1-2H3,(H,9,10)/t6-,7-/m1/s1. The molecule has 0 spiro atoms. The SMILES string of the molecule is CC(C)C[C@@H]1C[C@H]1C(=O)O. The summed E-state index contributed by atoms with van der Waals surface area (Å²) in [7, 11) is 0. The fraction of sp³-hybridized carbons (Fsp3) is 0.875. The number of carbonyl (C=O) groups is 1. The van der Waals surface area contributed by atoms with Gasteiger partial charge in [0.25, 0.3) is 0 Å². The van der Waals surface area contributed by atoms with E-state index in [2.05, 4.69) is 13.8 Å². The highest BCUT2D eigenvalue weighted by molar-refractivity contribution is 5.73. The van der Waals surface area contributed by atoms with Crippen molar-refractivity contribution in [1.29, 1.82) is 0 Å². The molecule has 0 unspecified atom stereocenters. The third-order valence-electron chi connectivity index (χ3n) is 2.01. The molecule has 2 atom stereocenters. The summed E-state index contributed by atoms with van der Waals surface area (Å²) < 4.78 is 0. The Morgan fingerprint density at radius 1 is 1.70 bits per heavy atom. The second-order valence-corrected chi connectivity index (χ2v) is 3.57. The molecule has 0 aromatic carbocycles. The normalized spacial score (nSPS) is 30.7. The third-order valence-corrected chi connectivity index (χ3v) is 2.01. The molecular formula is C8H14O2. The zero-order chi connectivity index (χ0) is 7.72. The van der Waals surface area contributed by atoms with Crippen LogP contribution in [0.1, 0.15) is 26.7 Å². The van der Waals surface area contributed by atoms with Crippen molar-refractivity contribution in [2.75, 3.05) is 0 Å². The fourth-order valence-corrected chi connectivity index (χ4v) is 1.42. The molecular weight excluding hydrogens is 128 g/mol. The van der Waals surface area contributed by atoms with Crippen LogP contribution in [-0.4, -0.2) is 11.1 Å². The monoisotopic (exact) mass is 142 g/mol. The van der Waals surface area contributed by atoms with E-state index in [1.807, 2.05) is 0 Å². The average Bonchev–Trinajstić information content (AvgIpc) is 2.43. The van der Waals surface area contributed by atoms with E-state index in [1.165, 1.54) is 0 Å². The van der Waals surface area contributed by atoms with Gasteiger partial charge in [-0.2, -0.15) is 0 Å². The van der Waals surface area contributed by atoms with E-state index < -0.39 is 5.97 Å². The van der Waals surface area contributed by atoms with Gasteiger partial charge >= 0.3 is 5.97 Å². The summed E-state index contributed by atoms with van der Waals surface area (Å²) in [5.74, 6) is 0.514. The minimum atomic E-state index is -0.606. The molecule has 0 radical (unpaired) electrons. The van der Waals surface area contributed by atoms with Gasteiger partial charge in [0.05, 0.1) is 5.92 Å². The minimum absolute atomic E-state index is 0.0117. The van der Waals surface area contributed by atoms with E-state index in [0.717, 1.165) is 12.8 Å². The van der Waals surface area contributed by atoms with Crippen molar-refractivity contribution < 1.29 is 9.90 Å². The van der Waals surface area contributed by atoms with Crippen molar-refractivity contribution in [3.8, 4) is 0 Å². The van der Waals surface area contributed by atoms with Gasteiger partial charge in [-0.1, -0.05) is 13.8 Å². The smallest absolute Gasteiger partial charge is 0.306 e. The number of aliphatic carboxylic acids is 1. The first-order valence-electron chi connectivity index (χ1n) is 3.84. The molecule has 0 aliphatic heterocycles. The molecule has 1 aliphatic carbocycles. The van der Waals surface area contributed by atoms with E-state index >= 15 is 0 Å². The zero-order valence-corrected chi connectivity index (χ0v) is 6.50. The first kappa shape index (κ1) is 7.58. The van der Waals surface area contributed by atoms with Crippen LogP contribution in [0.15, 0.2) is 0 Å². The predicted molar refractivity (Wildman–Crippen MR) is 38.7 cm³/mol. The van der Waals surface area contributed by atoms with Gasteiger partial charge in [-0.25, -0.2) is 0 Å². The highest BCUT2D eigenvalue weighted by atomic mass is 16.4. The molecule has 1 saturated carbocycles. The van der Waals surface area contributed by atoms with Crippen molar-refractivity contribution in [2.24, 2.45) is 17.8 Å². The summed E-state index contributed by atoms with van der Waals surface area (Å²) in [6, 6.07) is 0. The van der Waals surface area contributed by atoms with Crippen LogP contribution in [0.25, 0.3) is 0 Å². The number of carboxylic acids is 1. The van der Waals surface area contributed by atoms with E-state index in [-0.39, 0.29) is 5.92 Å². The molecule has 1 N–H and O–H groups in total. The Balaban J connectivity index is 2.20. The van der Waals surface area contributed by atoms with E-state index in [0.29, 0.717) is 11.8 Å². The van der Waals surface area contributed by atoms with Gasteiger partial charge in [0.2, 0.25) is 0 Å².